The van der Waals surface area contributed by atoms with E-state index >= 15 is 0 Å². The molecule has 12 nitrogen and oxygen atoms in total. The number of azo groups is 1. The van der Waals surface area contributed by atoms with Gasteiger partial charge in [-0.25, -0.2) is 9.59 Å². The Hall–Kier alpha value is -5.30. The molecule has 0 saturated heterocycles. The molecular formula is C46H58N2O10. The van der Waals surface area contributed by atoms with Crippen LogP contribution in [0, 0.1) is 6.92 Å². The number of hydrogen-bond donors (Lipinski definition) is 0. The van der Waals surface area contributed by atoms with Gasteiger partial charge in [0.05, 0.1) is 63.1 Å². The molecule has 0 heterocycles. The Balaban J connectivity index is 1.48. The number of benzene rings is 4. The fraction of sp³-hybridized carbons (Fsp3) is 0.435. The molecule has 312 valence electrons. The molecule has 0 bridgehead atoms. The number of aryl methyl sites for hydroxylation is 1. The van der Waals surface area contributed by atoms with E-state index in [2.05, 4.69) is 24.1 Å². The summed E-state index contributed by atoms with van der Waals surface area (Å²) in [6, 6.07) is 24.0. The molecule has 0 aliphatic carbocycles. The molecule has 4 aromatic rings. The van der Waals surface area contributed by atoms with Gasteiger partial charge in [-0.15, -0.1) is 5.11 Å². The van der Waals surface area contributed by atoms with Crippen molar-refractivity contribution in [3.63, 3.8) is 0 Å². The first-order valence-corrected chi connectivity index (χ1v) is 20.2. The summed E-state index contributed by atoms with van der Waals surface area (Å²) in [6.45, 7) is 9.85. The normalized spacial score (nSPS) is 11.1. The van der Waals surface area contributed by atoms with Crippen LogP contribution >= 0.6 is 0 Å². The zero-order chi connectivity index (χ0) is 41.2. The van der Waals surface area contributed by atoms with Crippen molar-refractivity contribution >= 4 is 23.3 Å². The van der Waals surface area contributed by atoms with Crippen LogP contribution in [-0.2, 0) is 14.2 Å². The molecule has 0 atom stereocenters. The molecule has 4 rings (SSSR count). The Kier molecular flexibility index (Phi) is 20.8. The third-order valence-corrected chi connectivity index (χ3v) is 8.74. The van der Waals surface area contributed by atoms with Crippen molar-refractivity contribution in [3.8, 4) is 28.7 Å². The number of methoxy groups -OCH3 is 1. The van der Waals surface area contributed by atoms with E-state index in [1.54, 1.807) is 79.9 Å². The minimum atomic E-state index is -0.564. The molecule has 0 aliphatic rings. The van der Waals surface area contributed by atoms with Crippen molar-refractivity contribution in [3.05, 3.63) is 102 Å². The third-order valence-electron chi connectivity index (χ3n) is 8.74. The molecule has 0 saturated carbocycles. The topological polar surface area (TPSA) is 133 Å². The SMILES string of the molecule is CCCCCCOc1c(N=Nc2ccc(OC(=O)c3ccc(C)cc3)cc2)ccc(OC(=O)c2ccc(OCCOCCOCCOC)cc2)c1OCCCCCC. The first kappa shape index (κ1) is 45.4. The van der Waals surface area contributed by atoms with Crippen LogP contribution in [0.5, 0.6) is 28.7 Å². The summed E-state index contributed by atoms with van der Waals surface area (Å²) in [5.74, 6) is 0.819. The standard InChI is InChI=1S/C46H58N2O10/c1-5-7-9-11-27-55-43-41(48-47-38-19-23-40(24-20-38)57-45(49)36-15-13-35(3)14-16-36)25-26-42(44(43)56-28-12-10-8-6-2)58-46(50)37-17-21-39(22-18-37)54-34-33-53-32-31-52-30-29-51-4/h13-26H,5-12,27-34H2,1-4H3. The summed E-state index contributed by atoms with van der Waals surface area (Å²) in [4.78, 5) is 26.1. The lowest BCUT2D eigenvalue weighted by Gasteiger charge is -2.18. The quantitative estimate of drug-likeness (QED) is 0.0237. The fourth-order valence-corrected chi connectivity index (χ4v) is 5.45. The molecule has 58 heavy (non-hydrogen) atoms. The minimum absolute atomic E-state index is 0.214. The molecule has 12 heteroatoms. The first-order chi connectivity index (χ1) is 28.4. The van der Waals surface area contributed by atoms with Crippen LogP contribution in [0.2, 0.25) is 0 Å². The average molecular weight is 799 g/mol. The lowest BCUT2D eigenvalue weighted by molar-refractivity contribution is 0.0180. The molecule has 0 unspecified atom stereocenters. The zero-order valence-electron chi connectivity index (χ0n) is 34.4. The second-order valence-corrected chi connectivity index (χ2v) is 13.5. The van der Waals surface area contributed by atoms with Crippen molar-refractivity contribution < 1.29 is 47.5 Å². The predicted molar refractivity (Wildman–Crippen MR) is 223 cm³/mol. The van der Waals surface area contributed by atoms with Gasteiger partial charge in [-0.3, -0.25) is 0 Å². The highest BCUT2D eigenvalue weighted by Crippen LogP contribution is 2.46. The number of hydrogen-bond acceptors (Lipinski definition) is 12. The number of rotatable bonds is 28. The van der Waals surface area contributed by atoms with Gasteiger partial charge in [-0.1, -0.05) is 70.1 Å². The maximum Gasteiger partial charge on any atom is 0.343 e. The number of esters is 2. The van der Waals surface area contributed by atoms with Crippen molar-refractivity contribution in [2.45, 2.75) is 72.1 Å². The van der Waals surface area contributed by atoms with E-state index in [0.29, 0.717) is 98.4 Å². The molecule has 0 amide bonds. The number of ether oxygens (including phenoxy) is 8. The summed E-state index contributed by atoms with van der Waals surface area (Å²) in [5, 5.41) is 8.99. The van der Waals surface area contributed by atoms with Crippen molar-refractivity contribution in [1.29, 1.82) is 0 Å². The van der Waals surface area contributed by atoms with Gasteiger partial charge >= 0.3 is 11.9 Å². The summed E-state index contributed by atoms with van der Waals surface area (Å²) < 4.78 is 45.8. The number of carbonyl (C=O) groups is 2. The summed E-state index contributed by atoms with van der Waals surface area (Å²) in [7, 11) is 1.63. The Bertz CT molecular complexity index is 1810. The molecule has 0 spiro atoms. The van der Waals surface area contributed by atoms with Gasteiger partial charge in [0, 0.05) is 7.11 Å². The minimum Gasteiger partial charge on any atom is -0.491 e. The summed E-state index contributed by atoms with van der Waals surface area (Å²) in [5.41, 5.74) is 2.80. The zero-order valence-corrected chi connectivity index (χ0v) is 34.4. The van der Waals surface area contributed by atoms with Gasteiger partial charge in [0.1, 0.15) is 23.8 Å². The van der Waals surface area contributed by atoms with Crippen LogP contribution in [0.4, 0.5) is 11.4 Å². The van der Waals surface area contributed by atoms with Gasteiger partial charge in [0.25, 0.3) is 0 Å². The highest BCUT2D eigenvalue weighted by molar-refractivity contribution is 5.92. The van der Waals surface area contributed by atoms with E-state index in [1.165, 1.54) is 0 Å². The van der Waals surface area contributed by atoms with Crippen LogP contribution in [0.3, 0.4) is 0 Å². The van der Waals surface area contributed by atoms with Gasteiger partial charge < -0.3 is 37.9 Å². The van der Waals surface area contributed by atoms with Gasteiger partial charge in [0.2, 0.25) is 5.75 Å². The maximum atomic E-state index is 13.5. The molecule has 0 fully saturated rings. The predicted octanol–water partition coefficient (Wildman–Crippen LogP) is 10.8. The number of nitrogens with zero attached hydrogens (tertiary/aromatic N) is 2. The number of carbonyl (C=O) groups excluding carboxylic acids is 2. The van der Waals surface area contributed by atoms with Crippen LogP contribution in [0.15, 0.2) is 95.2 Å². The van der Waals surface area contributed by atoms with E-state index in [1.807, 2.05) is 19.1 Å². The van der Waals surface area contributed by atoms with Crippen LogP contribution in [0.1, 0.15) is 91.5 Å². The maximum absolute atomic E-state index is 13.5. The molecule has 0 radical (unpaired) electrons. The highest BCUT2D eigenvalue weighted by Gasteiger charge is 2.22. The lowest BCUT2D eigenvalue weighted by atomic mass is 10.1. The van der Waals surface area contributed by atoms with Crippen molar-refractivity contribution in [2.24, 2.45) is 10.2 Å². The molecule has 0 aliphatic heterocycles. The molecule has 4 aromatic carbocycles. The fourth-order valence-electron chi connectivity index (χ4n) is 5.45. The Labute approximate surface area is 342 Å². The Morgan fingerprint density at radius 3 is 1.67 bits per heavy atom. The van der Waals surface area contributed by atoms with Gasteiger partial charge in [-0.2, -0.15) is 5.11 Å². The van der Waals surface area contributed by atoms with Crippen LogP contribution < -0.4 is 23.7 Å². The monoisotopic (exact) mass is 798 g/mol. The molecule has 0 aromatic heterocycles. The highest BCUT2D eigenvalue weighted by atomic mass is 16.6. The number of unbranched alkanes of at least 4 members (excludes halogenated alkanes) is 6. The largest absolute Gasteiger partial charge is 0.491 e. The average Bonchev–Trinajstić information content (AvgIpc) is 3.24. The molecule has 0 N–H and O–H groups in total. The van der Waals surface area contributed by atoms with E-state index in [0.717, 1.165) is 56.9 Å². The summed E-state index contributed by atoms with van der Waals surface area (Å²) >= 11 is 0. The van der Waals surface area contributed by atoms with E-state index in [-0.39, 0.29) is 5.75 Å². The molecular weight excluding hydrogens is 741 g/mol. The lowest BCUT2D eigenvalue weighted by Crippen LogP contribution is -2.13. The van der Waals surface area contributed by atoms with E-state index < -0.39 is 11.9 Å². The van der Waals surface area contributed by atoms with Crippen molar-refractivity contribution in [2.75, 3.05) is 60.0 Å². The van der Waals surface area contributed by atoms with Crippen LogP contribution in [0.25, 0.3) is 0 Å². The van der Waals surface area contributed by atoms with Crippen LogP contribution in [-0.4, -0.2) is 71.9 Å². The van der Waals surface area contributed by atoms with Crippen molar-refractivity contribution in [1.82, 2.24) is 0 Å². The third kappa shape index (κ3) is 16.3. The van der Waals surface area contributed by atoms with Gasteiger partial charge in [-0.05, 0) is 92.6 Å². The Morgan fingerprint density at radius 2 is 1.05 bits per heavy atom. The van der Waals surface area contributed by atoms with Gasteiger partial charge in [0.15, 0.2) is 11.5 Å². The second-order valence-electron chi connectivity index (χ2n) is 13.5. The first-order valence-electron chi connectivity index (χ1n) is 20.2. The Morgan fingerprint density at radius 1 is 0.500 bits per heavy atom. The summed E-state index contributed by atoms with van der Waals surface area (Å²) in [6.07, 6.45) is 8.01. The second kappa shape index (κ2) is 26.6. The van der Waals surface area contributed by atoms with E-state index in [4.69, 9.17) is 37.9 Å². The smallest absolute Gasteiger partial charge is 0.343 e. The van der Waals surface area contributed by atoms with E-state index in [9.17, 15) is 9.59 Å².